The third-order valence-corrected chi connectivity index (χ3v) is 4.63. The smallest absolute Gasteiger partial charge is 0.306 e. The first kappa shape index (κ1) is 16.7. The highest BCUT2D eigenvalue weighted by Crippen LogP contribution is 2.40. The van der Waals surface area contributed by atoms with Crippen LogP contribution in [0.1, 0.15) is 49.7 Å². The topological polar surface area (TPSA) is 74.6 Å². The number of carbonyl (C=O) groups excluding carboxylic acids is 1. The number of ketones is 1. The van der Waals surface area contributed by atoms with Gasteiger partial charge in [-0.2, -0.15) is 0 Å². The molecule has 0 spiro atoms. The Morgan fingerprint density at radius 3 is 2.82 bits per heavy atom. The highest BCUT2D eigenvalue weighted by atomic mass is 16.4. The molecule has 120 valence electrons. The van der Waals surface area contributed by atoms with Crippen molar-refractivity contribution in [3.05, 3.63) is 35.4 Å². The van der Waals surface area contributed by atoms with Gasteiger partial charge in [-0.3, -0.25) is 9.59 Å². The second-order valence-electron chi connectivity index (χ2n) is 6.51. The summed E-state index contributed by atoms with van der Waals surface area (Å²) >= 11 is 0. The fraction of sp³-hybridized carbons (Fsp3) is 0.556. The van der Waals surface area contributed by atoms with E-state index in [0.717, 1.165) is 24.0 Å². The molecule has 0 heterocycles. The van der Waals surface area contributed by atoms with Gasteiger partial charge in [0.2, 0.25) is 0 Å². The van der Waals surface area contributed by atoms with Gasteiger partial charge in [-0.1, -0.05) is 36.2 Å². The fourth-order valence-corrected chi connectivity index (χ4v) is 3.51. The number of rotatable bonds is 7. The molecule has 4 nitrogen and oxygen atoms in total. The van der Waals surface area contributed by atoms with E-state index in [0.29, 0.717) is 25.7 Å². The molecule has 4 heteroatoms. The number of carboxylic acids is 1. The van der Waals surface area contributed by atoms with Crippen molar-refractivity contribution in [3.63, 3.8) is 0 Å². The Morgan fingerprint density at radius 2 is 2.14 bits per heavy atom. The van der Waals surface area contributed by atoms with Gasteiger partial charge in [0.15, 0.2) is 0 Å². The first-order valence-electron chi connectivity index (χ1n) is 7.90. The number of Topliss-reactive ketones (excluding diaryl/α,β-unsaturated/α-hetero) is 1. The van der Waals surface area contributed by atoms with Gasteiger partial charge in [-0.05, 0) is 37.7 Å². The predicted octanol–water partition coefficient (Wildman–Crippen LogP) is 2.89. The molecular weight excluding hydrogens is 280 g/mol. The molecule has 2 N–H and O–H groups in total. The number of hydrogen-bond donors (Lipinski definition) is 2. The Kier molecular flexibility index (Phi) is 5.35. The average Bonchev–Trinajstić information content (AvgIpc) is 2.76. The predicted molar refractivity (Wildman–Crippen MR) is 83.7 cm³/mol. The minimum atomic E-state index is -1.13. The maximum absolute atomic E-state index is 12.1. The van der Waals surface area contributed by atoms with Gasteiger partial charge in [-0.25, -0.2) is 0 Å². The summed E-state index contributed by atoms with van der Waals surface area (Å²) in [5.41, 5.74) is 1.02. The Hall–Kier alpha value is -1.68. The quantitative estimate of drug-likeness (QED) is 0.812. The minimum Gasteiger partial charge on any atom is -0.481 e. The zero-order valence-corrected chi connectivity index (χ0v) is 13.0. The van der Waals surface area contributed by atoms with Crippen LogP contribution < -0.4 is 0 Å². The summed E-state index contributed by atoms with van der Waals surface area (Å²) in [6, 6.07) is 7.90. The number of hydrogen-bond acceptors (Lipinski definition) is 3. The third-order valence-electron chi connectivity index (χ3n) is 4.63. The molecule has 1 aliphatic rings. The van der Waals surface area contributed by atoms with Crippen LogP contribution in [0, 0.1) is 12.8 Å². The molecule has 0 radical (unpaired) electrons. The zero-order chi connectivity index (χ0) is 16.2. The van der Waals surface area contributed by atoms with Crippen LogP contribution in [0.25, 0.3) is 0 Å². The number of aliphatic hydroxyl groups is 1. The SMILES string of the molecule is Cc1cccc(CC(=O)CC[C@H]2CCC[C@@]2(O)CC(=O)O)c1. The van der Waals surface area contributed by atoms with E-state index < -0.39 is 11.6 Å². The first-order chi connectivity index (χ1) is 10.4. The second kappa shape index (κ2) is 7.05. The molecule has 0 amide bonds. The summed E-state index contributed by atoms with van der Waals surface area (Å²) in [6.07, 6.45) is 3.34. The Labute approximate surface area is 131 Å². The van der Waals surface area contributed by atoms with Crippen LogP contribution in [-0.4, -0.2) is 27.6 Å². The minimum absolute atomic E-state index is 0.0786. The van der Waals surface area contributed by atoms with Crippen molar-refractivity contribution in [3.8, 4) is 0 Å². The second-order valence-corrected chi connectivity index (χ2v) is 6.51. The number of aliphatic carboxylic acids is 1. The molecule has 1 saturated carbocycles. The van der Waals surface area contributed by atoms with E-state index in [1.165, 1.54) is 0 Å². The lowest BCUT2D eigenvalue weighted by atomic mass is 9.83. The van der Waals surface area contributed by atoms with E-state index >= 15 is 0 Å². The van der Waals surface area contributed by atoms with E-state index in [1.54, 1.807) is 0 Å². The highest BCUT2D eigenvalue weighted by Gasteiger charge is 2.42. The van der Waals surface area contributed by atoms with E-state index in [2.05, 4.69) is 0 Å². The molecule has 1 aromatic carbocycles. The largest absolute Gasteiger partial charge is 0.481 e. The van der Waals surface area contributed by atoms with Gasteiger partial charge >= 0.3 is 5.97 Å². The third kappa shape index (κ3) is 4.41. The molecule has 0 saturated heterocycles. The summed E-state index contributed by atoms with van der Waals surface area (Å²) in [5.74, 6) is -0.902. The molecule has 1 aromatic rings. The van der Waals surface area contributed by atoms with Crippen molar-refractivity contribution < 1.29 is 19.8 Å². The van der Waals surface area contributed by atoms with Crippen LogP contribution in [0.5, 0.6) is 0 Å². The lowest BCUT2D eigenvalue weighted by Crippen LogP contribution is -2.36. The molecular formula is C18H24O4. The molecule has 0 aliphatic heterocycles. The van der Waals surface area contributed by atoms with Crippen LogP contribution >= 0.6 is 0 Å². The van der Waals surface area contributed by atoms with Gasteiger partial charge in [0.05, 0.1) is 12.0 Å². The van der Waals surface area contributed by atoms with Crippen LogP contribution in [-0.2, 0) is 16.0 Å². The number of benzene rings is 1. The average molecular weight is 304 g/mol. The van der Waals surface area contributed by atoms with Crippen LogP contribution in [0.15, 0.2) is 24.3 Å². The Bertz CT molecular complexity index is 552. The zero-order valence-electron chi connectivity index (χ0n) is 13.0. The highest BCUT2D eigenvalue weighted by molar-refractivity contribution is 5.80. The standard InChI is InChI=1S/C18H24O4/c1-13-4-2-5-14(10-13)11-16(19)8-7-15-6-3-9-18(15,22)12-17(20)21/h2,4-5,10,15,22H,3,6-9,11-12H2,1H3,(H,20,21)/t15-,18-/m1/s1. The molecule has 0 unspecified atom stereocenters. The van der Waals surface area contributed by atoms with Gasteiger partial charge in [0.25, 0.3) is 0 Å². The summed E-state index contributed by atoms with van der Waals surface area (Å²) in [5, 5.41) is 19.4. The van der Waals surface area contributed by atoms with Gasteiger partial charge in [0, 0.05) is 12.8 Å². The van der Waals surface area contributed by atoms with Crippen LogP contribution in [0.2, 0.25) is 0 Å². The molecule has 2 atom stereocenters. The Balaban J connectivity index is 1.86. The van der Waals surface area contributed by atoms with Crippen LogP contribution in [0.4, 0.5) is 0 Å². The van der Waals surface area contributed by atoms with Crippen molar-refractivity contribution >= 4 is 11.8 Å². The normalized spacial score (nSPS) is 24.4. The molecule has 2 rings (SSSR count). The van der Waals surface area contributed by atoms with E-state index in [4.69, 9.17) is 5.11 Å². The van der Waals surface area contributed by atoms with Crippen molar-refractivity contribution in [1.82, 2.24) is 0 Å². The maximum Gasteiger partial charge on any atom is 0.306 e. The molecule has 1 aliphatic carbocycles. The van der Waals surface area contributed by atoms with Crippen molar-refractivity contribution in [2.24, 2.45) is 5.92 Å². The Morgan fingerprint density at radius 1 is 1.36 bits per heavy atom. The lowest BCUT2D eigenvalue weighted by molar-refractivity contribution is -0.144. The van der Waals surface area contributed by atoms with Crippen molar-refractivity contribution in [2.75, 3.05) is 0 Å². The molecule has 1 fully saturated rings. The monoisotopic (exact) mass is 304 g/mol. The summed E-state index contributed by atoms with van der Waals surface area (Å²) < 4.78 is 0. The fourth-order valence-electron chi connectivity index (χ4n) is 3.51. The van der Waals surface area contributed by atoms with Crippen molar-refractivity contribution in [1.29, 1.82) is 0 Å². The molecule has 0 aromatic heterocycles. The van der Waals surface area contributed by atoms with Crippen LogP contribution in [0.3, 0.4) is 0 Å². The molecule has 22 heavy (non-hydrogen) atoms. The van der Waals surface area contributed by atoms with Gasteiger partial charge in [0.1, 0.15) is 5.78 Å². The number of aryl methyl sites for hydroxylation is 1. The van der Waals surface area contributed by atoms with Gasteiger partial charge < -0.3 is 10.2 Å². The number of carbonyl (C=O) groups is 2. The number of carboxylic acid groups (broad SMARTS) is 1. The van der Waals surface area contributed by atoms with E-state index in [-0.39, 0.29) is 18.1 Å². The summed E-state index contributed by atoms with van der Waals surface area (Å²) in [6.45, 7) is 2.00. The lowest BCUT2D eigenvalue weighted by Gasteiger charge is -2.28. The summed E-state index contributed by atoms with van der Waals surface area (Å²) in [7, 11) is 0. The maximum atomic E-state index is 12.1. The summed E-state index contributed by atoms with van der Waals surface area (Å²) in [4.78, 5) is 23.0. The van der Waals surface area contributed by atoms with Crippen molar-refractivity contribution in [2.45, 2.75) is 57.5 Å². The van der Waals surface area contributed by atoms with Gasteiger partial charge in [-0.15, -0.1) is 0 Å². The first-order valence-corrected chi connectivity index (χ1v) is 7.90. The molecule has 0 bridgehead atoms. The van der Waals surface area contributed by atoms with E-state index in [9.17, 15) is 14.7 Å². The van der Waals surface area contributed by atoms with E-state index in [1.807, 2.05) is 31.2 Å².